The summed E-state index contributed by atoms with van der Waals surface area (Å²) < 4.78 is 16.1. The maximum absolute atomic E-state index is 10.2. The van der Waals surface area contributed by atoms with E-state index < -0.39 is 6.10 Å². The van der Waals surface area contributed by atoms with E-state index in [0.717, 1.165) is 12.2 Å². The molecule has 142 valence electrons. The van der Waals surface area contributed by atoms with Crippen molar-refractivity contribution in [1.82, 2.24) is 5.32 Å². The number of benzene rings is 2. The van der Waals surface area contributed by atoms with Gasteiger partial charge in [-0.05, 0) is 50.1 Å². The number of hydrogen-bond donors (Lipinski definition) is 2. The van der Waals surface area contributed by atoms with Crippen molar-refractivity contribution in [2.75, 3.05) is 27.4 Å². The topological polar surface area (TPSA) is 60.0 Å². The van der Waals surface area contributed by atoms with E-state index >= 15 is 0 Å². The molecule has 1 unspecified atom stereocenters. The first-order chi connectivity index (χ1) is 12.4. The standard InChI is InChI=1S/C21H29NO4/c1-21(2,13-16-9-11-18(24-3)12-10-16)22-14-17(23)15-26-20-8-6-5-7-19(20)25-4/h5-12,17,22-23H,13-15H2,1-4H3. The van der Waals surface area contributed by atoms with Crippen molar-refractivity contribution in [3.8, 4) is 17.2 Å². The molecule has 1 atom stereocenters. The van der Waals surface area contributed by atoms with Gasteiger partial charge in [0.2, 0.25) is 0 Å². The highest BCUT2D eigenvalue weighted by Gasteiger charge is 2.19. The van der Waals surface area contributed by atoms with Crippen LogP contribution in [0.3, 0.4) is 0 Å². The zero-order valence-electron chi connectivity index (χ0n) is 16.0. The SMILES string of the molecule is COc1ccc(CC(C)(C)NCC(O)COc2ccccc2OC)cc1. The molecule has 0 heterocycles. The molecule has 2 aromatic carbocycles. The van der Waals surface area contributed by atoms with Gasteiger partial charge in [0.1, 0.15) is 18.5 Å². The van der Waals surface area contributed by atoms with E-state index in [9.17, 15) is 5.11 Å². The molecule has 0 aliphatic rings. The Morgan fingerprint density at radius 1 is 0.962 bits per heavy atom. The van der Waals surface area contributed by atoms with Crippen molar-refractivity contribution in [3.05, 3.63) is 54.1 Å². The molecule has 0 aliphatic carbocycles. The number of para-hydroxylation sites is 2. The lowest BCUT2D eigenvalue weighted by Gasteiger charge is -2.28. The number of methoxy groups -OCH3 is 2. The molecule has 0 saturated heterocycles. The van der Waals surface area contributed by atoms with E-state index in [0.29, 0.717) is 18.0 Å². The zero-order valence-corrected chi connectivity index (χ0v) is 16.0. The minimum absolute atomic E-state index is 0.153. The Bertz CT molecular complexity index is 670. The molecule has 0 bridgehead atoms. The summed E-state index contributed by atoms with van der Waals surface area (Å²) in [6, 6.07) is 15.5. The van der Waals surface area contributed by atoms with Crippen LogP contribution in [0.1, 0.15) is 19.4 Å². The van der Waals surface area contributed by atoms with Crippen LogP contribution in [0, 0.1) is 0 Å². The highest BCUT2D eigenvalue weighted by atomic mass is 16.5. The molecule has 0 saturated carbocycles. The van der Waals surface area contributed by atoms with Gasteiger partial charge in [-0.3, -0.25) is 0 Å². The molecule has 0 aromatic heterocycles. The molecular formula is C21H29NO4. The molecule has 0 fully saturated rings. The molecule has 5 heteroatoms. The van der Waals surface area contributed by atoms with E-state index in [1.54, 1.807) is 14.2 Å². The summed E-state index contributed by atoms with van der Waals surface area (Å²) in [4.78, 5) is 0. The molecule has 0 amide bonds. The molecule has 26 heavy (non-hydrogen) atoms. The number of ether oxygens (including phenoxy) is 3. The maximum atomic E-state index is 10.2. The number of aliphatic hydroxyl groups excluding tert-OH is 1. The molecule has 0 spiro atoms. The van der Waals surface area contributed by atoms with Crippen LogP contribution in [-0.4, -0.2) is 44.1 Å². The van der Waals surface area contributed by atoms with Crippen LogP contribution >= 0.6 is 0 Å². The molecule has 2 rings (SSSR count). The normalized spacial score (nSPS) is 12.5. The van der Waals surface area contributed by atoms with Gasteiger partial charge in [-0.25, -0.2) is 0 Å². The fraction of sp³-hybridized carbons (Fsp3) is 0.429. The fourth-order valence-corrected chi connectivity index (χ4v) is 2.69. The Hall–Kier alpha value is -2.24. The number of β-amino-alcohol motifs (C(OH)–C–C–N with tert-alkyl or cyclic N) is 1. The summed E-state index contributed by atoms with van der Waals surface area (Å²) in [6.45, 7) is 4.88. The van der Waals surface area contributed by atoms with Crippen LogP contribution in [0.4, 0.5) is 0 Å². The summed E-state index contributed by atoms with van der Waals surface area (Å²) in [7, 11) is 3.26. The van der Waals surface area contributed by atoms with Crippen molar-refractivity contribution in [2.45, 2.75) is 31.9 Å². The molecule has 0 radical (unpaired) electrons. The molecule has 2 N–H and O–H groups in total. The minimum Gasteiger partial charge on any atom is -0.497 e. The van der Waals surface area contributed by atoms with Crippen molar-refractivity contribution in [3.63, 3.8) is 0 Å². The van der Waals surface area contributed by atoms with Gasteiger partial charge in [0, 0.05) is 12.1 Å². The second kappa shape index (κ2) is 9.46. The third-order valence-electron chi connectivity index (χ3n) is 4.12. The third kappa shape index (κ3) is 6.24. The predicted molar refractivity (Wildman–Crippen MR) is 103 cm³/mol. The molecule has 0 aliphatic heterocycles. The van der Waals surface area contributed by atoms with Crippen molar-refractivity contribution in [1.29, 1.82) is 0 Å². The Labute approximate surface area is 155 Å². The largest absolute Gasteiger partial charge is 0.497 e. The van der Waals surface area contributed by atoms with Crippen LogP contribution in [0.15, 0.2) is 48.5 Å². The Kier molecular flexibility index (Phi) is 7.30. The zero-order chi connectivity index (χ0) is 19.0. The van der Waals surface area contributed by atoms with E-state index in [2.05, 4.69) is 31.3 Å². The van der Waals surface area contributed by atoms with Gasteiger partial charge in [0.15, 0.2) is 11.5 Å². The summed E-state index contributed by atoms with van der Waals surface area (Å²) in [5.41, 5.74) is 1.06. The molecule has 5 nitrogen and oxygen atoms in total. The summed E-state index contributed by atoms with van der Waals surface area (Å²) in [6.07, 6.45) is 0.229. The van der Waals surface area contributed by atoms with Gasteiger partial charge >= 0.3 is 0 Å². The van der Waals surface area contributed by atoms with Crippen LogP contribution < -0.4 is 19.5 Å². The van der Waals surface area contributed by atoms with Gasteiger partial charge in [0.05, 0.1) is 14.2 Å². The average Bonchev–Trinajstić information content (AvgIpc) is 2.65. The number of aliphatic hydroxyl groups is 1. The molecule has 2 aromatic rings. The van der Waals surface area contributed by atoms with Gasteiger partial charge < -0.3 is 24.6 Å². The van der Waals surface area contributed by atoms with Crippen molar-refractivity contribution in [2.24, 2.45) is 0 Å². The van der Waals surface area contributed by atoms with E-state index in [-0.39, 0.29) is 12.1 Å². The number of nitrogens with one attached hydrogen (secondary N) is 1. The van der Waals surface area contributed by atoms with E-state index in [1.807, 2.05) is 36.4 Å². The average molecular weight is 359 g/mol. The lowest BCUT2D eigenvalue weighted by Crippen LogP contribution is -2.46. The lowest BCUT2D eigenvalue weighted by molar-refractivity contribution is 0.0973. The van der Waals surface area contributed by atoms with Crippen LogP contribution in [0.25, 0.3) is 0 Å². The molecular weight excluding hydrogens is 330 g/mol. The first-order valence-electron chi connectivity index (χ1n) is 8.75. The van der Waals surface area contributed by atoms with Gasteiger partial charge in [-0.15, -0.1) is 0 Å². The van der Waals surface area contributed by atoms with Crippen LogP contribution in [-0.2, 0) is 6.42 Å². The number of rotatable bonds is 10. The first-order valence-corrected chi connectivity index (χ1v) is 8.75. The monoisotopic (exact) mass is 359 g/mol. The predicted octanol–water partition coefficient (Wildman–Crippen LogP) is 3.05. The van der Waals surface area contributed by atoms with Gasteiger partial charge in [-0.1, -0.05) is 24.3 Å². The van der Waals surface area contributed by atoms with Gasteiger partial charge in [0.25, 0.3) is 0 Å². The Balaban J connectivity index is 1.80. The smallest absolute Gasteiger partial charge is 0.161 e. The Morgan fingerprint density at radius 3 is 2.23 bits per heavy atom. The van der Waals surface area contributed by atoms with Crippen molar-refractivity contribution >= 4 is 0 Å². The van der Waals surface area contributed by atoms with E-state index in [4.69, 9.17) is 14.2 Å². The minimum atomic E-state index is -0.616. The second-order valence-corrected chi connectivity index (χ2v) is 6.91. The van der Waals surface area contributed by atoms with Crippen molar-refractivity contribution < 1.29 is 19.3 Å². The summed E-state index contributed by atoms with van der Waals surface area (Å²) in [5.74, 6) is 2.14. The van der Waals surface area contributed by atoms with Crippen LogP contribution in [0.2, 0.25) is 0 Å². The summed E-state index contributed by atoms with van der Waals surface area (Å²) >= 11 is 0. The second-order valence-electron chi connectivity index (χ2n) is 6.91. The first kappa shape index (κ1) is 20.1. The Morgan fingerprint density at radius 2 is 1.62 bits per heavy atom. The summed E-state index contributed by atoms with van der Waals surface area (Å²) in [5, 5.41) is 13.6. The maximum Gasteiger partial charge on any atom is 0.161 e. The van der Waals surface area contributed by atoms with E-state index in [1.165, 1.54) is 5.56 Å². The number of hydrogen-bond acceptors (Lipinski definition) is 5. The highest BCUT2D eigenvalue weighted by Crippen LogP contribution is 2.25. The lowest BCUT2D eigenvalue weighted by atomic mass is 9.94. The fourth-order valence-electron chi connectivity index (χ4n) is 2.69. The van der Waals surface area contributed by atoms with Gasteiger partial charge in [-0.2, -0.15) is 0 Å². The quantitative estimate of drug-likeness (QED) is 0.683. The van der Waals surface area contributed by atoms with Crippen LogP contribution in [0.5, 0.6) is 17.2 Å². The highest BCUT2D eigenvalue weighted by molar-refractivity contribution is 5.39. The third-order valence-corrected chi connectivity index (χ3v) is 4.12.